The first-order chi connectivity index (χ1) is 13.6. The zero-order valence-corrected chi connectivity index (χ0v) is 17.9. The minimum absolute atomic E-state index is 0.0761. The first-order valence-electron chi connectivity index (χ1n) is 9.63. The number of fused-ring (bicyclic) bond motifs is 1. The number of nitrogens with one attached hydrogen (secondary N) is 2. The van der Waals surface area contributed by atoms with E-state index in [-0.39, 0.29) is 35.4 Å². The van der Waals surface area contributed by atoms with Crippen molar-refractivity contribution in [2.75, 3.05) is 11.9 Å². The standard InChI is InChI=1S/C20H26N4O4S/c1-12(2)9-10-21-29(27,28)16-11-15(6-5-13(16)3)19-14(4)23-24-18(26)8-7-17(25)22-20(19)24/h5-6,11-12,21H,7-10H2,1-4H3,(H,22,25). The molecular weight excluding hydrogens is 392 g/mol. The van der Waals surface area contributed by atoms with Crippen molar-refractivity contribution < 1.29 is 18.0 Å². The molecule has 0 unspecified atom stereocenters. The summed E-state index contributed by atoms with van der Waals surface area (Å²) in [4.78, 5) is 24.5. The molecule has 0 spiro atoms. The van der Waals surface area contributed by atoms with Crippen LogP contribution in [0.2, 0.25) is 0 Å². The SMILES string of the molecule is Cc1ccc(-c2c(C)nn3c2NC(=O)CCC3=O)cc1S(=O)(=O)NCCC(C)C. The molecular formula is C20H26N4O4S. The van der Waals surface area contributed by atoms with Crippen LogP contribution in [-0.2, 0) is 14.8 Å². The Balaban J connectivity index is 2.05. The van der Waals surface area contributed by atoms with Gasteiger partial charge in [-0.1, -0.05) is 26.0 Å². The predicted molar refractivity (Wildman–Crippen MR) is 110 cm³/mol. The average molecular weight is 419 g/mol. The largest absolute Gasteiger partial charge is 0.310 e. The molecule has 8 nitrogen and oxygen atoms in total. The van der Waals surface area contributed by atoms with E-state index in [1.54, 1.807) is 32.0 Å². The fourth-order valence-electron chi connectivity index (χ4n) is 3.29. The Morgan fingerprint density at radius 2 is 1.93 bits per heavy atom. The lowest BCUT2D eigenvalue weighted by Gasteiger charge is -2.13. The number of hydrogen-bond acceptors (Lipinski definition) is 5. The maximum atomic E-state index is 12.8. The Morgan fingerprint density at radius 3 is 2.62 bits per heavy atom. The van der Waals surface area contributed by atoms with Gasteiger partial charge in [-0.15, -0.1) is 0 Å². The van der Waals surface area contributed by atoms with E-state index in [1.807, 2.05) is 13.8 Å². The topological polar surface area (TPSA) is 110 Å². The number of carbonyl (C=O) groups is 2. The third kappa shape index (κ3) is 4.40. The smallest absolute Gasteiger partial charge is 0.249 e. The van der Waals surface area contributed by atoms with Crippen LogP contribution >= 0.6 is 0 Å². The van der Waals surface area contributed by atoms with Crippen molar-refractivity contribution in [3.05, 3.63) is 29.5 Å². The van der Waals surface area contributed by atoms with Crippen LogP contribution in [0.25, 0.3) is 11.1 Å². The highest BCUT2D eigenvalue weighted by Crippen LogP contribution is 2.35. The van der Waals surface area contributed by atoms with Gasteiger partial charge in [-0.3, -0.25) is 9.59 Å². The van der Waals surface area contributed by atoms with Crippen LogP contribution in [0.15, 0.2) is 23.1 Å². The third-order valence-electron chi connectivity index (χ3n) is 4.90. The molecule has 0 saturated carbocycles. The molecule has 1 amide bonds. The quantitative estimate of drug-likeness (QED) is 0.749. The van der Waals surface area contributed by atoms with E-state index in [9.17, 15) is 18.0 Å². The lowest BCUT2D eigenvalue weighted by molar-refractivity contribution is -0.116. The van der Waals surface area contributed by atoms with Crippen LogP contribution in [0.4, 0.5) is 5.82 Å². The number of hydrogen-bond donors (Lipinski definition) is 2. The van der Waals surface area contributed by atoms with Gasteiger partial charge in [-0.25, -0.2) is 13.1 Å². The van der Waals surface area contributed by atoms with Gasteiger partial charge in [0, 0.05) is 24.9 Å². The summed E-state index contributed by atoms with van der Waals surface area (Å²) < 4.78 is 29.5. The van der Waals surface area contributed by atoms with Gasteiger partial charge in [-0.2, -0.15) is 9.78 Å². The van der Waals surface area contributed by atoms with Gasteiger partial charge in [0.2, 0.25) is 21.8 Å². The molecule has 2 N–H and O–H groups in total. The van der Waals surface area contributed by atoms with Crippen molar-refractivity contribution in [3.8, 4) is 11.1 Å². The fraction of sp³-hybridized carbons (Fsp3) is 0.450. The lowest BCUT2D eigenvalue weighted by Crippen LogP contribution is -2.26. The minimum Gasteiger partial charge on any atom is -0.310 e. The molecule has 0 radical (unpaired) electrons. The first-order valence-corrected chi connectivity index (χ1v) is 11.1. The summed E-state index contributed by atoms with van der Waals surface area (Å²) in [6.07, 6.45) is 0.906. The molecule has 0 saturated heterocycles. The van der Waals surface area contributed by atoms with Crippen LogP contribution in [0, 0.1) is 19.8 Å². The molecule has 0 fully saturated rings. The number of benzene rings is 1. The van der Waals surface area contributed by atoms with Gasteiger partial charge < -0.3 is 5.32 Å². The van der Waals surface area contributed by atoms with Crippen molar-refractivity contribution >= 4 is 27.7 Å². The Kier molecular flexibility index (Phi) is 5.90. The highest BCUT2D eigenvalue weighted by atomic mass is 32.2. The second-order valence-electron chi connectivity index (χ2n) is 7.72. The van der Waals surface area contributed by atoms with Crippen molar-refractivity contribution in [2.45, 2.75) is 51.9 Å². The molecule has 29 heavy (non-hydrogen) atoms. The van der Waals surface area contributed by atoms with Crippen molar-refractivity contribution in [1.82, 2.24) is 14.5 Å². The fourth-order valence-corrected chi connectivity index (χ4v) is 4.61. The maximum Gasteiger partial charge on any atom is 0.249 e. The second kappa shape index (κ2) is 8.08. The summed E-state index contributed by atoms with van der Waals surface area (Å²) in [5, 5.41) is 7.01. The summed E-state index contributed by atoms with van der Waals surface area (Å²) in [6.45, 7) is 7.88. The Hall–Kier alpha value is -2.52. The monoisotopic (exact) mass is 418 g/mol. The van der Waals surface area contributed by atoms with Crippen LogP contribution in [0.1, 0.15) is 49.2 Å². The van der Waals surface area contributed by atoms with E-state index in [0.29, 0.717) is 34.8 Å². The van der Waals surface area contributed by atoms with E-state index >= 15 is 0 Å². The third-order valence-corrected chi connectivity index (χ3v) is 6.50. The Labute approximate surface area is 170 Å². The molecule has 2 aromatic rings. The lowest BCUT2D eigenvalue weighted by atomic mass is 10.0. The van der Waals surface area contributed by atoms with Gasteiger partial charge in [0.25, 0.3) is 0 Å². The van der Waals surface area contributed by atoms with Gasteiger partial charge in [0.1, 0.15) is 5.82 Å². The van der Waals surface area contributed by atoms with Crippen molar-refractivity contribution in [3.63, 3.8) is 0 Å². The first kappa shape index (κ1) is 21.2. The Bertz CT molecular complexity index is 1070. The molecule has 1 aliphatic heterocycles. The number of anilines is 1. The average Bonchev–Trinajstić information content (AvgIpc) is 2.88. The molecule has 1 aromatic heterocycles. The zero-order valence-electron chi connectivity index (χ0n) is 17.1. The van der Waals surface area contributed by atoms with Gasteiger partial charge >= 0.3 is 0 Å². The number of aromatic nitrogens is 2. The van der Waals surface area contributed by atoms with Gasteiger partial charge in [0.05, 0.1) is 10.6 Å². The van der Waals surface area contributed by atoms with Crippen LogP contribution < -0.4 is 10.0 Å². The van der Waals surface area contributed by atoms with E-state index in [4.69, 9.17) is 0 Å². The number of sulfonamides is 1. The minimum atomic E-state index is -3.69. The summed E-state index contributed by atoms with van der Waals surface area (Å²) in [6, 6.07) is 5.06. The molecule has 0 aliphatic carbocycles. The second-order valence-corrected chi connectivity index (χ2v) is 9.46. The highest BCUT2D eigenvalue weighted by molar-refractivity contribution is 7.89. The van der Waals surface area contributed by atoms with E-state index in [2.05, 4.69) is 15.1 Å². The van der Waals surface area contributed by atoms with Gasteiger partial charge in [0.15, 0.2) is 0 Å². The normalized spacial score (nSPS) is 14.7. The van der Waals surface area contributed by atoms with Crippen LogP contribution in [0.3, 0.4) is 0 Å². The zero-order chi connectivity index (χ0) is 21.3. The van der Waals surface area contributed by atoms with E-state index in [1.165, 1.54) is 4.68 Å². The van der Waals surface area contributed by atoms with Crippen molar-refractivity contribution in [1.29, 1.82) is 0 Å². The highest BCUT2D eigenvalue weighted by Gasteiger charge is 2.27. The Morgan fingerprint density at radius 1 is 1.21 bits per heavy atom. The molecule has 9 heteroatoms. The number of rotatable bonds is 6. The predicted octanol–water partition coefficient (Wildman–Crippen LogP) is 2.86. The summed E-state index contributed by atoms with van der Waals surface area (Å²) in [7, 11) is -3.69. The molecule has 0 atom stereocenters. The van der Waals surface area contributed by atoms with E-state index < -0.39 is 10.0 Å². The molecule has 1 aliphatic rings. The van der Waals surface area contributed by atoms with E-state index in [0.717, 1.165) is 6.42 Å². The summed E-state index contributed by atoms with van der Waals surface area (Å²) >= 11 is 0. The number of amides is 1. The molecule has 0 bridgehead atoms. The molecule has 2 heterocycles. The summed E-state index contributed by atoms with van der Waals surface area (Å²) in [5.74, 6) is 0.128. The molecule has 156 valence electrons. The number of carbonyl (C=O) groups excluding carboxylic acids is 2. The van der Waals surface area contributed by atoms with Crippen molar-refractivity contribution in [2.24, 2.45) is 5.92 Å². The maximum absolute atomic E-state index is 12.8. The molecule has 1 aromatic carbocycles. The number of nitrogens with zero attached hydrogens (tertiary/aromatic N) is 2. The number of aryl methyl sites for hydroxylation is 2. The van der Waals surface area contributed by atoms with Crippen LogP contribution in [-0.4, -0.2) is 36.6 Å². The molecule has 3 rings (SSSR count). The summed E-state index contributed by atoms with van der Waals surface area (Å²) in [5.41, 5.74) is 2.28. The van der Waals surface area contributed by atoms with Gasteiger partial charge in [-0.05, 0) is 43.4 Å². The van der Waals surface area contributed by atoms with Crippen LogP contribution in [0.5, 0.6) is 0 Å².